The van der Waals surface area contributed by atoms with Crippen molar-refractivity contribution in [1.29, 1.82) is 0 Å². The highest BCUT2D eigenvalue weighted by molar-refractivity contribution is 7.92. The van der Waals surface area contributed by atoms with Crippen molar-refractivity contribution in [1.82, 2.24) is 4.90 Å². The fraction of sp³-hybridized carbons (Fsp3) is 0.310. The molecule has 0 saturated heterocycles. The number of nitrogens with zero attached hydrogens (tertiary/aromatic N) is 2. The van der Waals surface area contributed by atoms with Crippen molar-refractivity contribution in [3.8, 4) is 16.9 Å². The number of hydrogen-bond acceptors (Lipinski definition) is 6. The van der Waals surface area contributed by atoms with Crippen LogP contribution in [0.5, 0.6) is 5.75 Å². The van der Waals surface area contributed by atoms with E-state index in [1.807, 2.05) is 0 Å². The number of rotatable bonds is 8. The molecule has 13 heteroatoms. The zero-order valence-corrected chi connectivity index (χ0v) is 24.7. The molecule has 1 aliphatic rings. The van der Waals surface area contributed by atoms with Gasteiger partial charge in [-0.05, 0) is 80.4 Å². The molecule has 4 rings (SSSR count). The molecule has 0 aromatic heterocycles. The lowest BCUT2D eigenvalue weighted by Crippen LogP contribution is -2.53. The molecule has 0 aliphatic carbocycles. The predicted molar refractivity (Wildman–Crippen MR) is 151 cm³/mol. The van der Waals surface area contributed by atoms with E-state index in [9.17, 15) is 31.2 Å². The maximum atomic E-state index is 14.0. The van der Waals surface area contributed by atoms with Gasteiger partial charge in [-0.2, -0.15) is 13.2 Å². The lowest BCUT2D eigenvalue weighted by Gasteiger charge is -2.40. The standard InChI is InChI=1S/C29H28ClF3N2O6S/c1-5-41-27(37)28(2,3)16-34-17-35(42(38,39)23-8-6-7-20(14-23)29(31,32)33)25-13-18(9-10-24(25)26(34)36)19-11-21(30)15-22(12-19)40-4/h6-15H,5,16-17H2,1-4H3. The van der Waals surface area contributed by atoms with Crippen LogP contribution in [0.2, 0.25) is 5.02 Å². The number of methoxy groups -OCH3 is 1. The molecule has 42 heavy (non-hydrogen) atoms. The number of carbonyl (C=O) groups excluding carboxylic acids is 2. The van der Waals surface area contributed by atoms with Gasteiger partial charge < -0.3 is 14.4 Å². The lowest BCUT2D eigenvalue weighted by molar-refractivity contribution is -0.154. The molecule has 0 N–H and O–H groups in total. The SMILES string of the molecule is CCOC(=O)C(C)(C)CN1CN(S(=O)(=O)c2cccc(C(F)(F)F)c2)c2cc(-c3cc(Cl)cc(OC)c3)ccc2C1=O. The molecule has 0 radical (unpaired) electrons. The number of alkyl halides is 3. The van der Waals surface area contributed by atoms with E-state index in [1.54, 1.807) is 45.0 Å². The fourth-order valence-corrected chi connectivity index (χ4v) is 6.27. The maximum absolute atomic E-state index is 14.0. The number of amides is 1. The van der Waals surface area contributed by atoms with Crippen molar-refractivity contribution in [2.45, 2.75) is 31.8 Å². The molecule has 0 saturated carbocycles. The van der Waals surface area contributed by atoms with Crippen LogP contribution in [-0.2, 0) is 25.7 Å². The summed E-state index contributed by atoms with van der Waals surface area (Å²) >= 11 is 6.23. The Morgan fingerprint density at radius 2 is 1.74 bits per heavy atom. The van der Waals surface area contributed by atoms with Gasteiger partial charge in [0.2, 0.25) is 0 Å². The molecule has 8 nitrogen and oxygen atoms in total. The average Bonchev–Trinajstić information content (AvgIpc) is 2.93. The summed E-state index contributed by atoms with van der Waals surface area (Å²) in [6.45, 7) is 4.06. The lowest BCUT2D eigenvalue weighted by atomic mass is 9.92. The van der Waals surface area contributed by atoms with Gasteiger partial charge in [-0.15, -0.1) is 0 Å². The highest BCUT2D eigenvalue weighted by Gasteiger charge is 2.41. The van der Waals surface area contributed by atoms with E-state index in [4.69, 9.17) is 21.1 Å². The van der Waals surface area contributed by atoms with Crippen LogP contribution >= 0.6 is 11.6 Å². The highest BCUT2D eigenvalue weighted by atomic mass is 35.5. The van der Waals surface area contributed by atoms with Crippen LogP contribution in [0.15, 0.2) is 65.6 Å². The van der Waals surface area contributed by atoms with E-state index in [0.717, 1.165) is 27.4 Å². The minimum atomic E-state index is -4.78. The van der Waals surface area contributed by atoms with Gasteiger partial charge in [-0.1, -0.05) is 23.7 Å². The largest absolute Gasteiger partial charge is 0.497 e. The van der Waals surface area contributed by atoms with Crippen molar-refractivity contribution in [3.05, 3.63) is 76.8 Å². The molecule has 1 amide bonds. The van der Waals surface area contributed by atoms with Crippen LogP contribution in [0.3, 0.4) is 0 Å². The normalized spacial score (nSPS) is 14.0. The number of anilines is 1. The van der Waals surface area contributed by atoms with Crippen LogP contribution in [0.1, 0.15) is 36.7 Å². The van der Waals surface area contributed by atoms with Gasteiger partial charge in [0.1, 0.15) is 12.4 Å². The molecule has 224 valence electrons. The maximum Gasteiger partial charge on any atom is 0.416 e. The van der Waals surface area contributed by atoms with Crippen LogP contribution in [-0.4, -0.2) is 52.1 Å². The van der Waals surface area contributed by atoms with E-state index < -0.39 is 50.6 Å². The number of esters is 1. The van der Waals surface area contributed by atoms with Gasteiger partial charge >= 0.3 is 12.1 Å². The van der Waals surface area contributed by atoms with Crippen molar-refractivity contribution in [2.75, 3.05) is 31.2 Å². The van der Waals surface area contributed by atoms with Crippen molar-refractivity contribution in [2.24, 2.45) is 5.41 Å². The van der Waals surface area contributed by atoms with E-state index in [-0.39, 0.29) is 24.4 Å². The molecular formula is C29H28ClF3N2O6S. The fourth-order valence-electron chi connectivity index (χ4n) is 4.57. The first kappa shape index (κ1) is 31.2. The number of ether oxygens (including phenoxy) is 2. The zero-order chi connectivity index (χ0) is 31.0. The van der Waals surface area contributed by atoms with E-state index >= 15 is 0 Å². The minimum Gasteiger partial charge on any atom is -0.497 e. The number of benzene rings is 3. The van der Waals surface area contributed by atoms with E-state index in [1.165, 1.54) is 19.2 Å². The monoisotopic (exact) mass is 624 g/mol. The number of halogens is 4. The Kier molecular flexibility index (Phi) is 8.52. The Hall–Kier alpha value is -3.77. The molecule has 1 aliphatic heterocycles. The summed E-state index contributed by atoms with van der Waals surface area (Å²) in [4.78, 5) is 26.8. The van der Waals surface area contributed by atoms with Gasteiger partial charge in [0, 0.05) is 11.6 Å². The zero-order valence-electron chi connectivity index (χ0n) is 23.2. The van der Waals surface area contributed by atoms with Gasteiger partial charge in [-0.3, -0.25) is 9.59 Å². The van der Waals surface area contributed by atoms with Crippen molar-refractivity contribution < 1.29 is 40.7 Å². The van der Waals surface area contributed by atoms with Crippen LogP contribution in [0.25, 0.3) is 11.1 Å². The Morgan fingerprint density at radius 1 is 1.02 bits per heavy atom. The van der Waals surface area contributed by atoms with Crippen molar-refractivity contribution >= 4 is 39.2 Å². The Bertz CT molecular complexity index is 1640. The molecule has 3 aromatic rings. The first-order chi connectivity index (χ1) is 19.6. The Morgan fingerprint density at radius 3 is 2.38 bits per heavy atom. The Balaban J connectivity index is 1.88. The van der Waals surface area contributed by atoms with E-state index in [2.05, 4.69) is 0 Å². The van der Waals surface area contributed by atoms with Crippen molar-refractivity contribution in [3.63, 3.8) is 0 Å². The molecule has 1 heterocycles. The molecular weight excluding hydrogens is 597 g/mol. The number of fused-ring (bicyclic) bond motifs is 1. The summed E-state index contributed by atoms with van der Waals surface area (Å²) < 4.78 is 79.7. The molecule has 0 fully saturated rings. The average molecular weight is 625 g/mol. The third-order valence-electron chi connectivity index (χ3n) is 6.69. The quantitative estimate of drug-likeness (QED) is 0.276. The second-order valence-corrected chi connectivity index (χ2v) is 12.5. The molecule has 0 spiro atoms. The number of sulfonamides is 1. The smallest absolute Gasteiger partial charge is 0.416 e. The summed E-state index contributed by atoms with van der Waals surface area (Å²) in [5.74, 6) is -0.721. The Labute approximate surface area is 246 Å². The number of carbonyl (C=O) groups is 2. The van der Waals surface area contributed by atoms with Crippen LogP contribution in [0.4, 0.5) is 18.9 Å². The summed E-state index contributed by atoms with van der Waals surface area (Å²) in [5, 5.41) is 0.346. The highest BCUT2D eigenvalue weighted by Crippen LogP contribution is 2.39. The van der Waals surface area contributed by atoms with E-state index in [0.29, 0.717) is 28.0 Å². The van der Waals surface area contributed by atoms with Gasteiger partial charge in [-0.25, -0.2) is 12.7 Å². The third-order valence-corrected chi connectivity index (χ3v) is 8.65. The number of hydrogen-bond donors (Lipinski definition) is 0. The first-order valence-corrected chi connectivity index (χ1v) is 14.6. The van der Waals surface area contributed by atoms with Gasteiger partial charge in [0.25, 0.3) is 15.9 Å². The first-order valence-electron chi connectivity index (χ1n) is 12.7. The second kappa shape index (κ2) is 11.5. The summed E-state index contributed by atoms with van der Waals surface area (Å²) in [7, 11) is -3.19. The molecule has 0 bridgehead atoms. The summed E-state index contributed by atoms with van der Waals surface area (Å²) in [5.41, 5.74) is -1.39. The summed E-state index contributed by atoms with van der Waals surface area (Å²) in [6.07, 6.45) is -4.78. The molecule has 0 atom stereocenters. The molecule has 3 aromatic carbocycles. The van der Waals surface area contributed by atoms with Crippen LogP contribution in [0, 0.1) is 5.41 Å². The van der Waals surface area contributed by atoms with Gasteiger partial charge in [0.05, 0.1) is 40.8 Å². The predicted octanol–water partition coefficient (Wildman–Crippen LogP) is 6.23. The third kappa shape index (κ3) is 6.19. The van der Waals surface area contributed by atoms with Crippen LogP contribution < -0.4 is 9.04 Å². The minimum absolute atomic E-state index is 0.0193. The summed E-state index contributed by atoms with van der Waals surface area (Å²) in [6, 6.07) is 12.7. The molecule has 0 unspecified atom stereocenters. The van der Waals surface area contributed by atoms with Gasteiger partial charge in [0.15, 0.2) is 0 Å². The second-order valence-electron chi connectivity index (χ2n) is 10.2. The topological polar surface area (TPSA) is 93.2 Å².